The highest BCUT2D eigenvalue weighted by Crippen LogP contribution is 2.14. The number of aromatic nitrogens is 4. The van der Waals surface area contributed by atoms with Gasteiger partial charge < -0.3 is 10.6 Å². The Bertz CT molecular complexity index is 1050. The van der Waals surface area contributed by atoms with E-state index in [4.69, 9.17) is 0 Å². The zero-order chi connectivity index (χ0) is 20.1. The third kappa shape index (κ3) is 4.11. The highest BCUT2D eigenvalue weighted by Gasteiger charge is 2.21. The van der Waals surface area contributed by atoms with Crippen LogP contribution in [-0.2, 0) is 13.1 Å². The Hall–Kier alpha value is -4.07. The summed E-state index contributed by atoms with van der Waals surface area (Å²) >= 11 is 0. The van der Waals surface area contributed by atoms with Crippen LogP contribution in [0.2, 0.25) is 0 Å². The molecular weight excluding hydrogens is 368 g/mol. The average Bonchev–Trinajstić information content (AvgIpc) is 3.17. The van der Waals surface area contributed by atoms with Crippen molar-refractivity contribution in [3.05, 3.63) is 96.1 Å². The van der Waals surface area contributed by atoms with E-state index >= 15 is 0 Å². The number of imidazole rings is 1. The fourth-order valence-electron chi connectivity index (χ4n) is 2.89. The molecule has 2 N–H and O–H groups in total. The number of nitrogens with one attached hydrogen (secondary N) is 2. The molecule has 4 rings (SSSR count). The van der Waals surface area contributed by atoms with Gasteiger partial charge in [-0.05, 0) is 35.9 Å². The first-order chi connectivity index (χ1) is 14.2. The van der Waals surface area contributed by atoms with Crippen LogP contribution < -0.4 is 10.6 Å². The van der Waals surface area contributed by atoms with Crippen LogP contribution in [0.3, 0.4) is 0 Å². The van der Waals surface area contributed by atoms with Gasteiger partial charge >= 0.3 is 0 Å². The molecule has 0 aliphatic heterocycles. The zero-order valence-electron chi connectivity index (χ0n) is 15.4. The van der Waals surface area contributed by atoms with E-state index in [2.05, 4.69) is 25.6 Å². The van der Waals surface area contributed by atoms with Gasteiger partial charge in [0.2, 0.25) is 5.82 Å². The molecule has 0 unspecified atom stereocenters. The molecular formula is C21H18N6O2. The van der Waals surface area contributed by atoms with E-state index in [1.54, 1.807) is 53.5 Å². The predicted octanol–water partition coefficient (Wildman–Crippen LogP) is 1.98. The van der Waals surface area contributed by atoms with Crippen molar-refractivity contribution < 1.29 is 9.59 Å². The summed E-state index contributed by atoms with van der Waals surface area (Å²) < 4.78 is 1.61. The lowest BCUT2D eigenvalue weighted by molar-refractivity contribution is 0.0939. The van der Waals surface area contributed by atoms with Gasteiger partial charge in [0.1, 0.15) is 0 Å². The number of pyridine rings is 3. The Morgan fingerprint density at radius 3 is 2.55 bits per heavy atom. The van der Waals surface area contributed by atoms with E-state index < -0.39 is 0 Å². The molecule has 8 nitrogen and oxygen atoms in total. The number of rotatable bonds is 6. The Morgan fingerprint density at radius 2 is 1.76 bits per heavy atom. The molecule has 0 radical (unpaired) electrons. The Kier molecular flexibility index (Phi) is 5.24. The highest BCUT2D eigenvalue weighted by atomic mass is 16.2. The van der Waals surface area contributed by atoms with Crippen LogP contribution in [0, 0.1) is 0 Å². The van der Waals surface area contributed by atoms with Gasteiger partial charge in [0.05, 0.1) is 17.8 Å². The van der Waals surface area contributed by atoms with Crippen LogP contribution in [0.15, 0.2) is 73.3 Å². The standard InChI is InChI=1S/C21H18N6O2/c28-20(25-14-16-7-1-3-10-23-16)18-17-8-2-4-11-27(17)19(26-18)21(29)24-13-15-6-5-9-22-12-15/h1-12H,13-14H2,(H,24,29)(H,25,28). The minimum atomic E-state index is -0.376. The largest absolute Gasteiger partial charge is 0.345 e. The lowest BCUT2D eigenvalue weighted by Gasteiger charge is -2.04. The first-order valence-corrected chi connectivity index (χ1v) is 9.04. The molecule has 0 spiro atoms. The molecule has 0 aliphatic rings. The van der Waals surface area contributed by atoms with Crippen LogP contribution in [0.25, 0.3) is 5.52 Å². The second-order valence-electron chi connectivity index (χ2n) is 6.29. The maximum absolute atomic E-state index is 12.7. The molecule has 0 aliphatic carbocycles. The van der Waals surface area contributed by atoms with Gasteiger partial charge in [-0.15, -0.1) is 0 Å². The third-order valence-corrected chi connectivity index (χ3v) is 4.30. The summed E-state index contributed by atoms with van der Waals surface area (Å²) in [5, 5.41) is 5.61. The van der Waals surface area contributed by atoms with Crippen molar-refractivity contribution in [1.82, 2.24) is 30.0 Å². The van der Waals surface area contributed by atoms with Crippen molar-refractivity contribution >= 4 is 17.3 Å². The van der Waals surface area contributed by atoms with Gasteiger partial charge in [-0.3, -0.25) is 24.0 Å². The van der Waals surface area contributed by atoms with Gasteiger partial charge in [0.25, 0.3) is 11.8 Å². The molecule has 0 fully saturated rings. The monoisotopic (exact) mass is 386 g/mol. The number of nitrogens with zero attached hydrogens (tertiary/aromatic N) is 4. The van der Waals surface area contributed by atoms with Crippen molar-refractivity contribution in [2.75, 3.05) is 0 Å². The normalized spacial score (nSPS) is 10.6. The second kappa shape index (κ2) is 8.30. The summed E-state index contributed by atoms with van der Waals surface area (Å²) in [6.45, 7) is 0.587. The summed E-state index contributed by atoms with van der Waals surface area (Å²) in [5.74, 6) is -0.600. The Balaban J connectivity index is 1.54. The van der Waals surface area contributed by atoms with Crippen molar-refractivity contribution in [1.29, 1.82) is 0 Å². The Labute approximate surface area is 166 Å². The van der Waals surface area contributed by atoms with Crippen molar-refractivity contribution in [2.24, 2.45) is 0 Å². The van der Waals surface area contributed by atoms with E-state index in [-0.39, 0.29) is 29.9 Å². The van der Waals surface area contributed by atoms with Crippen molar-refractivity contribution in [3.8, 4) is 0 Å². The minimum Gasteiger partial charge on any atom is -0.345 e. The lowest BCUT2D eigenvalue weighted by Crippen LogP contribution is -2.26. The van der Waals surface area contributed by atoms with E-state index in [0.717, 1.165) is 11.3 Å². The topological polar surface area (TPSA) is 101 Å². The van der Waals surface area contributed by atoms with Crippen LogP contribution in [0.5, 0.6) is 0 Å². The maximum atomic E-state index is 12.7. The summed E-state index contributed by atoms with van der Waals surface area (Å²) in [5.41, 5.74) is 2.35. The lowest BCUT2D eigenvalue weighted by atomic mass is 10.3. The summed E-state index contributed by atoms with van der Waals surface area (Å²) in [6, 6.07) is 14.5. The maximum Gasteiger partial charge on any atom is 0.287 e. The van der Waals surface area contributed by atoms with Crippen LogP contribution in [0.4, 0.5) is 0 Å². The summed E-state index contributed by atoms with van der Waals surface area (Å²) in [7, 11) is 0. The fraction of sp³-hybridized carbons (Fsp3) is 0.0952. The summed E-state index contributed by atoms with van der Waals surface area (Å²) in [6.07, 6.45) is 6.72. The second-order valence-corrected chi connectivity index (χ2v) is 6.29. The number of hydrogen-bond acceptors (Lipinski definition) is 5. The zero-order valence-corrected chi connectivity index (χ0v) is 15.4. The molecule has 0 saturated heterocycles. The van der Waals surface area contributed by atoms with Gasteiger partial charge in [0, 0.05) is 31.3 Å². The molecule has 29 heavy (non-hydrogen) atoms. The first kappa shape index (κ1) is 18.3. The molecule has 4 aromatic heterocycles. The van der Waals surface area contributed by atoms with Crippen LogP contribution in [0.1, 0.15) is 32.4 Å². The van der Waals surface area contributed by atoms with Crippen molar-refractivity contribution in [3.63, 3.8) is 0 Å². The SMILES string of the molecule is O=C(NCc1ccccn1)c1nc(C(=O)NCc2cccnc2)n2ccccc12. The quantitative estimate of drug-likeness (QED) is 0.528. The average molecular weight is 386 g/mol. The molecule has 0 saturated carbocycles. The molecule has 2 amide bonds. The molecule has 0 aromatic carbocycles. The number of fused-ring (bicyclic) bond motifs is 1. The van der Waals surface area contributed by atoms with E-state index in [9.17, 15) is 9.59 Å². The molecule has 8 heteroatoms. The smallest absolute Gasteiger partial charge is 0.287 e. The Morgan fingerprint density at radius 1 is 0.897 bits per heavy atom. The van der Waals surface area contributed by atoms with E-state index in [1.807, 2.05) is 24.3 Å². The van der Waals surface area contributed by atoms with Gasteiger partial charge in [-0.1, -0.05) is 18.2 Å². The van der Waals surface area contributed by atoms with Gasteiger partial charge in [0.15, 0.2) is 5.69 Å². The first-order valence-electron chi connectivity index (χ1n) is 9.04. The number of carbonyl (C=O) groups is 2. The van der Waals surface area contributed by atoms with Gasteiger partial charge in [-0.2, -0.15) is 0 Å². The van der Waals surface area contributed by atoms with E-state index in [0.29, 0.717) is 12.1 Å². The minimum absolute atomic E-state index is 0.146. The molecule has 0 bridgehead atoms. The number of hydrogen-bond donors (Lipinski definition) is 2. The van der Waals surface area contributed by atoms with Gasteiger partial charge in [-0.25, -0.2) is 4.98 Å². The van der Waals surface area contributed by atoms with Crippen LogP contribution in [-0.4, -0.2) is 31.2 Å². The van der Waals surface area contributed by atoms with E-state index in [1.165, 1.54) is 0 Å². The number of amides is 2. The predicted molar refractivity (Wildman–Crippen MR) is 106 cm³/mol. The molecule has 144 valence electrons. The molecule has 4 aromatic rings. The molecule has 0 atom stereocenters. The third-order valence-electron chi connectivity index (χ3n) is 4.30. The molecule has 4 heterocycles. The fourth-order valence-corrected chi connectivity index (χ4v) is 2.89. The number of carbonyl (C=O) groups excluding carboxylic acids is 2. The van der Waals surface area contributed by atoms with Crippen molar-refractivity contribution in [2.45, 2.75) is 13.1 Å². The summed E-state index contributed by atoms with van der Waals surface area (Å²) in [4.78, 5) is 37.9. The van der Waals surface area contributed by atoms with Crippen LogP contribution >= 0.6 is 0 Å². The highest BCUT2D eigenvalue weighted by molar-refractivity contribution is 6.02.